The summed E-state index contributed by atoms with van der Waals surface area (Å²) in [6.07, 6.45) is 2.97. The van der Waals surface area contributed by atoms with E-state index in [2.05, 4.69) is 9.98 Å². The molecule has 0 saturated heterocycles. The first-order valence-corrected chi connectivity index (χ1v) is 7.40. The van der Waals surface area contributed by atoms with E-state index >= 15 is 0 Å². The van der Waals surface area contributed by atoms with Crippen LogP contribution in [0.5, 0.6) is 0 Å². The number of hydrogen-bond acceptors (Lipinski definition) is 2. The van der Waals surface area contributed by atoms with Crippen LogP contribution in [0.3, 0.4) is 0 Å². The van der Waals surface area contributed by atoms with Gasteiger partial charge in [-0.25, -0.2) is 8.78 Å². The third-order valence-corrected chi connectivity index (χ3v) is 3.34. The van der Waals surface area contributed by atoms with Crippen molar-refractivity contribution in [1.29, 1.82) is 0 Å². The molecule has 0 unspecified atom stereocenters. The van der Waals surface area contributed by atoms with E-state index in [9.17, 15) is 8.78 Å². The Balaban J connectivity index is 1.98. The average Bonchev–Trinajstić information content (AvgIpc) is 2.63. The molecule has 0 aliphatic carbocycles. The first-order chi connectivity index (χ1) is 11.7. The highest BCUT2D eigenvalue weighted by atomic mass is 19.1. The Morgan fingerprint density at radius 2 is 0.917 bits per heavy atom. The Hall–Kier alpha value is -3.14. The van der Waals surface area contributed by atoms with Gasteiger partial charge in [0.05, 0.1) is 0 Å². The van der Waals surface area contributed by atoms with Crippen molar-refractivity contribution >= 4 is 23.8 Å². The summed E-state index contributed by atoms with van der Waals surface area (Å²) in [7, 11) is 0. The molecule has 2 nitrogen and oxygen atoms in total. The van der Waals surface area contributed by atoms with Crippen LogP contribution in [0.4, 0.5) is 20.2 Å². The molecule has 0 aliphatic rings. The molecule has 0 N–H and O–H groups in total. The lowest BCUT2D eigenvalue weighted by atomic mass is 10.2. The molecule has 4 heteroatoms. The van der Waals surface area contributed by atoms with Crippen molar-refractivity contribution in [3.05, 3.63) is 95.6 Å². The molecule has 0 heterocycles. The van der Waals surface area contributed by atoms with Crippen LogP contribution in [0, 0.1) is 11.6 Å². The second-order valence-corrected chi connectivity index (χ2v) is 5.06. The summed E-state index contributed by atoms with van der Waals surface area (Å²) in [5.41, 5.74) is 1.34. The van der Waals surface area contributed by atoms with Crippen molar-refractivity contribution in [2.24, 2.45) is 9.98 Å². The van der Waals surface area contributed by atoms with Crippen LogP contribution in [0.15, 0.2) is 82.8 Å². The number of hydrogen-bond donors (Lipinski definition) is 0. The first kappa shape index (κ1) is 15.7. The topological polar surface area (TPSA) is 24.7 Å². The lowest BCUT2D eigenvalue weighted by Crippen LogP contribution is -1.86. The van der Waals surface area contributed by atoms with Gasteiger partial charge in [-0.3, -0.25) is 9.98 Å². The number of aliphatic imine (C=N–C) groups is 2. The van der Waals surface area contributed by atoms with Gasteiger partial charge in [0.15, 0.2) is 11.6 Å². The van der Waals surface area contributed by atoms with Gasteiger partial charge in [-0.15, -0.1) is 0 Å². The Bertz CT molecular complexity index is 798. The van der Waals surface area contributed by atoms with Gasteiger partial charge in [-0.05, 0) is 23.3 Å². The Labute approximate surface area is 138 Å². The van der Waals surface area contributed by atoms with Crippen LogP contribution in [-0.2, 0) is 0 Å². The van der Waals surface area contributed by atoms with Gasteiger partial charge in [0.2, 0.25) is 0 Å². The molecule has 3 aromatic rings. The van der Waals surface area contributed by atoms with Crippen LogP contribution < -0.4 is 0 Å². The van der Waals surface area contributed by atoms with Gasteiger partial charge in [0.25, 0.3) is 0 Å². The van der Waals surface area contributed by atoms with Gasteiger partial charge in [-0.1, -0.05) is 60.7 Å². The number of rotatable bonds is 4. The summed E-state index contributed by atoms with van der Waals surface area (Å²) in [6, 6.07) is 20.5. The first-order valence-electron chi connectivity index (χ1n) is 7.40. The molecule has 0 bridgehead atoms. The maximum absolute atomic E-state index is 14.1. The smallest absolute Gasteiger partial charge is 0.151 e. The molecule has 0 aromatic heterocycles. The van der Waals surface area contributed by atoms with Crippen molar-refractivity contribution in [2.75, 3.05) is 0 Å². The van der Waals surface area contributed by atoms with Gasteiger partial charge in [-0.2, -0.15) is 0 Å². The molecule has 0 amide bonds. The average molecular weight is 320 g/mol. The van der Waals surface area contributed by atoms with E-state index < -0.39 is 11.6 Å². The molecule has 0 radical (unpaired) electrons. The molecule has 118 valence electrons. The van der Waals surface area contributed by atoms with Crippen molar-refractivity contribution < 1.29 is 8.78 Å². The minimum Gasteiger partial charge on any atom is -0.251 e. The maximum atomic E-state index is 14.1. The van der Waals surface area contributed by atoms with E-state index in [4.69, 9.17) is 0 Å². The zero-order valence-corrected chi connectivity index (χ0v) is 12.7. The Morgan fingerprint density at radius 3 is 1.29 bits per heavy atom. The minimum atomic E-state index is -0.621. The van der Waals surface area contributed by atoms with Crippen LogP contribution >= 0.6 is 0 Å². The van der Waals surface area contributed by atoms with Crippen LogP contribution in [-0.4, -0.2) is 12.4 Å². The zero-order chi connectivity index (χ0) is 16.8. The molecule has 0 fully saturated rings. The molecular formula is C20H14F2N2. The Kier molecular flexibility index (Phi) is 4.87. The summed E-state index contributed by atoms with van der Waals surface area (Å²) in [4.78, 5) is 8.19. The normalized spacial score (nSPS) is 11.4. The lowest BCUT2D eigenvalue weighted by Gasteiger charge is -2.04. The lowest BCUT2D eigenvalue weighted by molar-refractivity contribution is 0.604. The van der Waals surface area contributed by atoms with Gasteiger partial charge in [0, 0.05) is 12.4 Å². The minimum absolute atomic E-state index is 0.119. The second-order valence-electron chi connectivity index (χ2n) is 5.06. The van der Waals surface area contributed by atoms with Crippen LogP contribution in [0.1, 0.15) is 11.1 Å². The van der Waals surface area contributed by atoms with E-state index in [0.717, 1.165) is 23.3 Å². The van der Waals surface area contributed by atoms with Crippen molar-refractivity contribution in [1.82, 2.24) is 0 Å². The van der Waals surface area contributed by atoms with Gasteiger partial charge >= 0.3 is 0 Å². The van der Waals surface area contributed by atoms with Crippen molar-refractivity contribution in [3.63, 3.8) is 0 Å². The fourth-order valence-electron chi connectivity index (χ4n) is 2.13. The van der Waals surface area contributed by atoms with Crippen molar-refractivity contribution in [2.45, 2.75) is 0 Å². The third kappa shape index (κ3) is 3.79. The largest absolute Gasteiger partial charge is 0.251 e. The van der Waals surface area contributed by atoms with E-state index in [0.29, 0.717) is 0 Å². The van der Waals surface area contributed by atoms with Gasteiger partial charge in [0.1, 0.15) is 11.4 Å². The highest BCUT2D eigenvalue weighted by molar-refractivity contribution is 5.86. The van der Waals surface area contributed by atoms with E-state index in [1.54, 1.807) is 0 Å². The molecular weight excluding hydrogens is 306 g/mol. The van der Waals surface area contributed by atoms with Gasteiger partial charge < -0.3 is 0 Å². The fourth-order valence-corrected chi connectivity index (χ4v) is 2.13. The van der Waals surface area contributed by atoms with Crippen LogP contribution in [0.25, 0.3) is 0 Å². The molecule has 0 spiro atoms. The molecule has 0 aliphatic heterocycles. The number of halogens is 2. The molecule has 3 rings (SSSR count). The zero-order valence-electron chi connectivity index (χ0n) is 12.7. The summed E-state index contributed by atoms with van der Waals surface area (Å²) >= 11 is 0. The number of benzene rings is 3. The molecule has 0 atom stereocenters. The van der Waals surface area contributed by atoms with E-state index in [-0.39, 0.29) is 11.4 Å². The second kappa shape index (κ2) is 7.42. The predicted octanol–water partition coefficient (Wildman–Crippen LogP) is 5.47. The summed E-state index contributed by atoms with van der Waals surface area (Å²) in [6.45, 7) is 0. The summed E-state index contributed by atoms with van der Waals surface area (Å²) < 4.78 is 28.2. The standard InChI is InChI=1S/C20H14F2N2/c21-17-11-12-18(22)20(24-14-16-9-5-2-6-10-16)19(17)23-13-15-7-3-1-4-8-15/h1-14H/b23-13+,24-14+. The number of nitrogens with zero attached hydrogens (tertiary/aromatic N) is 2. The van der Waals surface area contributed by atoms with E-state index in [1.165, 1.54) is 12.4 Å². The molecule has 3 aromatic carbocycles. The van der Waals surface area contributed by atoms with Crippen molar-refractivity contribution in [3.8, 4) is 0 Å². The van der Waals surface area contributed by atoms with E-state index in [1.807, 2.05) is 60.7 Å². The van der Waals surface area contributed by atoms with Crippen LogP contribution in [0.2, 0.25) is 0 Å². The predicted molar refractivity (Wildman–Crippen MR) is 93.8 cm³/mol. The monoisotopic (exact) mass is 320 g/mol. The third-order valence-electron chi connectivity index (χ3n) is 3.34. The Morgan fingerprint density at radius 1 is 0.542 bits per heavy atom. The highest BCUT2D eigenvalue weighted by Gasteiger charge is 2.12. The summed E-state index contributed by atoms with van der Waals surface area (Å²) in [5, 5.41) is 0. The maximum Gasteiger partial charge on any atom is 0.151 e. The highest BCUT2D eigenvalue weighted by Crippen LogP contribution is 2.33. The molecule has 24 heavy (non-hydrogen) atoms. The quantitative estimate of drug-likeness (QED) is 0.570. The SMILES string of the molecule is Fc1ccc(F)c(/N=C/c2ccccc2)c1/N=C/c1ccccc1. The molecule has 0 saturated carbocycles. The fraction of sp³-hybridized carbons (Fsp3) is 0. The summed E-state index contributed by atoms with van der Waals surface area (Å²) in [5.74, 6) is -1.24.